The number of nitrogens with zero attached hydrogens (tertiary/aromatic N) is 3. The second kappa shape index (κ2) is 6.87. The SMILES string of the molecule is Cc1cc(C)c2c(=O)n(CC(=O)Nc3ccc(Br)cc3)c(=O)n(C)c2n1. The van der Waals surface area contributed by atoms with Crippen LogP contribution >= 0.6 is 15.9 Å². The zero-order chi connectivity index (χ0) is 19.0. The Hall–Kier alpha value is -2.74. The first-order chi connectivity index (χ1) is 12.3. The minimum Gasteiger partial charge on any atom is -0.325 e. The highest BCUT2D eigenvalue weighted by molar-refractivity contribution is 9.10. The topological polar surface area (TPSA) is 86.0 Å². The molecule has 0 aliphatic carbocycles. The van der Waals surface area contributed by atoms with Gasteiger partial charge in [-0.3, -0.25) is 18.7 Å². The van der Waals surface area contributed by atoms with Crippen molar-refractivity contribution in [3.63, 3.8) is 0 Å². The minimum absolute atomic E-state index is 0.321. The third kappa shape index (κ3) is 3.32. The van der Waals surface area contributed by atoms with E-state index in [0.717, 1.165) is 20.3 Å². The van der Waals surface area contributed by atoms with Crippen molar-refractivity contribution in [2.75, 3.05) is 5.32 Å². The monoisotopic (exact) mass is 416 g/mol. The van der Waals surface area contributed by atoms with E-state index in [4.69, 9.17) is 0 Å². The Morgan fingerprint density at radius 3 is 2.50 bits per heavy atom. The second-order valence-electron chi connectivity index (χ2n) is 6.07. The number of aryl methyl sites for hydroxylation is 3. The molecule has 0 aliphatic rings. The van der Waals surface area contributed by atoms with Crippen molar-refractivity contribution in [1.82, 2.24) is 14.1 Å². The van der Waals surface area contributed by atoms with Crippen LogP contribution in [0, 0.1) is 13.8 Å². The number of aromatic nitrogens is 3. The fourth-order valence-corrected chi connectivity index (χ4v) is 3.10. The molecule has 0 fully saturated rings. The quantitative estimate of drug-likeness (QED) is 0.708. The van der Waals surface area contributed by atoms with Crippen molar-refractivity contribution in [2.45, 2.75) is 20.4 Å². The average molecular weight is 417 g/mol. The van der Waals surface area contributed by atoms with Crippen LogP contribution in [0.5, 0.6) is 0 Å². The number of halogens is 1. The predicted molar refractivity (Wildman–Crippen MR) is 103 cm³/mol. The van der Waals surface area contributed by atoms with Gasteiger partial charge in [-0.25, -0.2) is 9.78 Å². The first-order valence-electron chi connectivity index (χ1n) is 7.91. The van der Waals surface area contributed by atoms with Crippen LogP contribution in [0.2, 0.25) is 0 Å². The molecule has 0 spiro atoms. The van der Waals surface area contributed by atoms with Crippen LogP contribution in [-0.2, 0) is 18.4 Å². The van der Waals surface area contributed by atoms with Gasteiger partial charge in [0, 0.05) is 22.9 Å². The molecule has 0 bridgehead atoms. The Labute approximate surface area is 157 Å². The van der Waals surface area contributed by atoms with Gasteiger partial charge in [0.1, 0.15) is 12.2 Å². The van der Waals surface area contributed by atoms with E-state index in [9.17, 15) is 14.4 Å². The Balaban J connectivity index is 2.02. The van der Waals surface area contributed by atoms with Gasteiger partial charge in [0.25, 0.3) is 5.56 Å². The van der Waals surface area contributed by atoms with Gasteiger partial charge >= 0.3 is 5.69 Å². The molecule has 2 heterocycles. The van der Waals surface area contributed by atoms with Crippen molar-refractivity contribution < 1.29 is 4.79 Å². The summed E-state index contributed by atoms with van der Waals surface area (Å²) in [5, 5.41) is 3.02. The summed E-state index contributed by atoms with van der Waals surface area (Å²) in [6.07, 6.45) is 0. The Bertz CT molecular complexity index is 1130. The van der Waals surface area contributed by atoms with Crippen LogP contribution in [0.15, 0.2) is 44.4 Å². The molecule has 1 aromatic carbocycles. The van der Waals surface area contributed by atoms with Crippen LogP contribution < -0.4 is 16.6 Å². The fourth-order valence-electron chi connectivity index (χ4n) is 2.83. The first kappa shape index (κ1) is 18.1. The van der Waals surface area contributed by atoms with Crippen LogP contribution in [0.25, 0.3) is 11.0 Å². The summed E-state index contributed by atoms with van der Waals surface area (Å²) in [5.74, 6) is -0.455. The lowest BCUT2D eigenvalue weighted by atomic mass is 10.2. The normalized spacial score (nSPS) is 10.9. The zero-order valence-electron chi connectivity index (χ0n) is 14.5. The summed E-state index contributed by atoms with van der Waals surface area (Å²) in [4.78, 5) is 42.0. The summed E-state index contributed by atoms with van der Waals surface area (Å²) >= 11 is 3.32. The lowest BCUT2D eigenvalue weighted by Crippen LogP contribution is -2.42. The van der Waals surface area contributed by atoms with E-state index in [1.54, 1.807) is 51.2 Å². The lowest BCUT2D eigenvalue weighted by molar-refractivity contribution is -0.116. The highest BCUT2D eigenvalue weighted by Crippen LogP contribution is 2.14. The van der Waals surface area contributed by atoms with Crippen LogP contribution in [0.3, 0.4) is 0 Å². The van der Waals surface area contributed by atoms with E-state index in [0.29, 0.717) is 16.7 Å². The Morgan fingerprint density at radius 1 is 1.19 bits per heavy atom. The van der Waals surface area contributed by atoms with Crippen molar-refractivity contribution in [3.8, 4) is 0 Å². The largest absolute Gasteiger partial charge is 0.332 e. The van der Waals surface area contributed by atoms with Gasteiger partial charge < -0.3 is 5.32 Å². The highest BCUT2D eigenvalue weighted by Gasteiger charge is 2.16. The first-order valence-corrected chi connectivity index (χ1v) is 8.70. The van der Waals surface area contributed by atoms with Gasteiger partial charge in [-0.1, -0.05) is 15.9 Å². The number of benzene rings is 1. The summed E-state index contributed by atoms with van der Waals surface area (Å²) in [6.45, 7) is 3.22. The van der Waals surface area contributed by atoms with E-state index in [2.05, 4.69) is 26.2 Å². The highest BCUT2D eigenvalue weighted by atomic mass is 79.9. The Morgan fingerprint density at radius 2 is 1.85 bits per heavy atom. The number of nitrogens with one attached hydrogen (secondary N) is 1. The predicted octanol–water partition coefficient (Wildman–Crippen LogP) is 2.11. The standard InChI is InChI=1S/C18H17BrN4O3/c1-10-8-11(2)20-16-15(10)17(25)23(18(26)22(16)3)9-14(24)21-13-6-4-12(19)5-7-13/h4-8H,9H2,1-3H3,(H,21,24). The maximum absolute atomic E-state index is 12.8. The number of hydrogen-bond donors (Lipinski definition) is 1. The van der Waals surface area contributed by atoms with Gasteiger partial charge in [-0.2, -0.15) is 0 Å². The number of anilines is 1. The molecule has 26 heavy (non-hydrogen) atoms. The number of rotatable bonds is 3. The summed E-state index contributed by atoms with van der Waals surface area (Å²) in [6, 6.07) is 8.79. The second-order valence-corrected chi connectivity index (χ2v) is 6.98. The Kier molecular flexibility index (Phi) is 4.78. The van der Waals surface area contributed by atoms with E-state index in [1.165, 1.54) is 4.57 Å². The molecular formula is C18H17BrN4O3. The molecule has 1 amide bonds. The maximum Gasteiger partial charge on any atom is 0.332 e. The van der Waals surface area contributed by atoms with Crippen LogP contribution in [0.4, 0.5) is 5.69 Å². The third-order valence-corrected chi connectivity index (χ3v) is 4.58. The number of hydrogen-bond acceptors (Lipinski definition) is 4. The van der Waals surface area contributed by atoms with Crippen LogP contribution in [-0.4, -0.2) is 20.0 Å². The molecule has 0 aliphatic heterocycles. The number of carbonyl (C=O) groups is 1. The molecule has 3 aromatic rings. The number of amides is 1. The molecule has 134 valence electrons. The number of carbonyl (C=O) groups excluding carboxylic acids is 1. The summed E-state index contributed by atoms with van der Waals surface area (Å²) < 4.78 is 3.11. The zero-order valence-corrected chi connectivity index (χ0v) is 16.1. The molecule has 0 atom stereocenters. The minimum atomic E-state index is -0.578. The molecule has 8 heteroatoms. The van der Waals surface area contributed by atoms with Gasteiger partial charge in [0.15, 0.2) is 0 Å². The molecule has 3 rings (SSSR count). The smallest absolute Gasteiger partial charge is 0.325 e. The van der Waals surface area contributed by atoms with Gasteiger partial charge in [-0.15, -0.1) is 0 Å². The van der Waals surface area contributed by atoms with Crippen LogP contribution in [0.1, 0.15) is 11.3 Å². The maximum atomic E-state index is 12.8. The van der Waals surface area contributed by atoms with E-state index >= 15 is 0 Å². The summed E-state index contributed by atoms with van der Waals surface area (Å²) in [7, 11) is 1.54. The lowest BCUT2D eigenvalue weighted by Gasteiger charge is -2.12. The van der Waals surface area contributed by atoms with Gasteiger partial charge in [-0.05, 0) is 49.7 Å². The number of pyridine rings is 1. The van der Waals surface area contributed by atoms with Crippen molar-refractivity contribution in [1.29, 1.82) is 0 Å². The molecule has 0 saturated carbocycles. The molecule has 7 nitrogen and oxygen atoms in total. The van der Waals surface area contributed by atoms with Gasteiger partial charge in [0.05, 0.1) is 5.39 Å². The van der Waals surface area contributed by atoms with E-state index < -0.39 is 17.2 Å². The molecule has 0 unspecified atom stereocenters. The van der Waals surface area contributed by atoms with E-state index in [-0.39, 0.29) is 6.54 Å². The third-order valence-electron chi connectivity index (χ3n) is 4.05. The molecular weight excluding hydrogens is 400 g/mol. The number of fused-ring (bicyclic) bond motifs is 1. The molecule has 2 aromatic heterocycles. The fraction of sp³-hybridized carbons (Fsp3) is 0.222. The average Bonchev–Trinajstić information content (AvgIpc) is 2.58. The van der Waals surface area contributed by atoms with Crippen molar-refractivity contribution >= 4 is 38.6 Å². The molecule has 0 saturated heterocycles. The summed E-state index contributed by atoms with van der Waals surface area (Å²) in [5.41, 5.74) is 1.25. The van der Waals surface area contributed by atoms with Crippen molar-refractivity contribution in [3.05, 3.63) is 66.9 Å². The molecule has 0 radical (unpaired) electrons. The van der Waals surface area contributed by atoms with E-state index in [1.807, 2.05) is 0 Å². The van der Waals surface area contributed by atoms with Gasteiger partial charge in [0.2, 0.25) is 5.91 Å². The molecule has 1 N–H and O–H groups in total. The van der Waals surface area contributed by atoms with Crippen molar-refractivity contribution in [2.24, 2.45) is 7.05 Å².